The Balaban J connectivity index is 1.87. The van der Waals surface area contributed by atoms with Gasteiger partial charge in [-0.25, -0.2) is 0 Å². The zero-order valence-electron chi connectivity index (χ0n) is 8.44. The van der Waals surface area contributed by atoms with Crippen LogP contribution in [0.4, 0.5) is 0 Å². The van der Waals surface area contributed by atoms with Gasteiger partial charge in [-0.3, -0.25) is 0 Å². The van der Waals surface area contributed by atoms with Crippen LogP contribution in [0.15, 0.2) is 23.8 Å². The molecule has 0 amide bonds. The number of hydrogen-bond donors (Lipinski definition) is 0. The molecular weight excluding hydrogens is 180 g/mol. The third kappa shape index (κ3) is 2.23. The summed E-state index contributed by atoms with van der Waals surface area (Å²) >= 11 is 0. The summed E-state index contributed by atoms with van der Waals surface area (Å²) in [5.74, 6) is 0. The van der Waals surface area contributed by atoms with Crippen LogP contribution >= 0.6 is 0 Å². The standard InChI is InChI=1S/C11H16O3/c1-12-8-10-6-7-13-11(14-10)9-4-2-3-5-9/h2-4,10-11H,5-8H2,1H3. The van der Waals surface area contributed by atoms with Gasteiger partial charge in [-0.2, -0.15) is 0 Å². The van der Waals surface area contributed by atoms with Gasteiger partial charge in [-0.15, -0.1) is 0 Å². The van der Waals surface area contributed by atoms with Crippen molar-refractivity contribution in [2.75, 3.05) is 20.3 Å². The lowest BCUT2D eigenvalue weighted by atomic mass is 10.2. The fourth-order valence-electron chi connectivity index (χ4n) is 1.73. The van der Waals surface area contributed by atoms with Crippen molar-refractivity contribution in [3.05, 3.63) is 23.8 Å². The lowest BCUT2D eigenvalue weighted by Gasteiger charge is -2.30. The Morgan fingerprint density at radius 3 is 3.21 bits per heavy atom. The Morgan fingerprint density at radius 2 is 2.50 bits per heavy atom. The summed E-state index contributed by atoms with van der Waals surface area (Å²) < 4.78 is 16.4. The predicted molar refractivity (Wildman–Crippen MR) is 52.9 cm³/mol. The van der Waals surface area contributed by atoms with Crippen LogP contribution in [0.5, 0.6) is 0 Å². The van der Waals surface area contributed by atoms with Crippen LogP contribution in [0.1, 0.15) is 12.8 Å². The lowest BCUT2D eigenvalue weighted by Crippen LogP contribution is -2.35. The van der Waals surface area contributed by atoms with Gasteiger partial charge in [-0.05, 0) is 18.4 Å². The van der Waals surface area contributed by atoms with Crippen LogP contribution in [0.2, 0.25) is 0 Å². The monoisotopic (exact) mass is 196 g/mol. The highest BCUT2D eigenvalue weighted by atomic mass is 16.7. The quantitative estimate of drug-likeness (QED) is 0.687. The lowest BCUT2D eigenvalue weighted by molar-refractivity contribution is -0.202. The fraction of sp³-hybridized carbons (Fsp3) is 0.636. The molecule has 3 heteroatoms. The van der Waals surface area contributed by atoms with E-state index in [4.69, 9.17) is 14.2 Å². The second-order valence-electron chi connectivity index (χ2n) is 3.58. The maximum absolute atomic E-state index is 5.76. The molecule has 1 heterocycles. The first-order valence-electron chi connectivity index (χ1n) is 5.02. The molecule has 0 radical (unpaired) electrons. The third-order valence-corrected chi connectivity index (χ3v) is 2.48. The van der Waals surface area contributed by atoms with E-state index in [9.17, 15) is 0 Å². The number of ether oxygens (including phenoxy) is 3. The molecule has 0 aromatic carbocycles. The topological polar surface area (TPSA) is 27.7 Å². The first-order chi connectivity index (χ1) is 6.90. The van der Waals surface area contributed by atoms with Gasteiger partial charge in [-0.1, -0.05) is 18.2 Å². The second kappa shape index (κ2) is 4.73. The van der Waals surface area contributed by atoms with Gasteiger partial charge in [0.05, 0.1) is 19.3 Å². The van der Waals surface area contributed by atoms with Crippen molar-refractivity contribution >= 4 is 0 Å². The summed E-state index contributed by atoms with van der Waals surface area (Å²) in [7, 11) is 1.70. The van der Waals surface area contributed by atoms with E-state index in [1.165, 1.54) is 5.57 Å². The highest BCUT2D eigenvalue weighted by molar-refractivity contribution is 5.24. The zero-order chi connectivity index (χ0) is 9.80. The van der Waals surface area contributed by atoms with E-state index >= 15 is 0 Å². The predicted octanol–water partition coefficient (Wildman–Crippen LogP) is 1.65. The van der Waals surface area contributed by atoms with Crippen LogP contribution in [0.3, 0.4) is 0 Å². The molecule has 2 rings (SSSR count). The normalized spacial score (nSPS) is 31.9. The van der Waals surface area contributed by atoms with Gasteiger partial charge in [0.25, 0.3) is 0 Å². The first kappa shape index (κ1) is 9.90. The molecule has 1 fully saturated rings. The van der Waals surface area contributed by atoms with Crippen molar-refractivity contribution in [1.82, 2.24) is 0 Å². The van der Waals surface area contributed by atoms with E-state index in [1.54, 1.807) is 7.11 Å². The minimum Gasteiger partial charge on any atom is -0.382 e. The molecule has 0 spiro atoms. The molecule has 78 valence electrons. The molecule has 0 aromatic rings. The Morgan fingerprint density at radius 1 is 1.57 bits per heavy atom. The van der Waals surface area contributed by atoms with Crippen LogP contribution in [-0.2, 0) is 14.2 Å². The molecule has 1 aliphatic carbocycles. The Labute approximate surface area is 84.3 Å². The fourth-order valence-corrected chi connectivity index (χ4v) is 1.73. The van der Waals surface area contributed by atoms with Crippen LogP contribution in [0, 0.1) is 0 Å². The zero-order valence-corrected chi connectivity index (χ0v) is 8.44. The third-order valence-electron chi connectivity index (χ3n) is 2.48. The Kier molecular flexibility index (Phi) is 3.35. The summed E-state index contributed by atoms with van der Waals surface area (Å²) in [6, 6.07) is 0. The molecule has 3 nitrogen and oxygen atoms in total. The van der Waals surface area contributed by atoms with Gasteiger partial charge >= 0.3 is 0 Å². The van der Waals surface area contributed by atoms with Gasteiger partial charge in [0.2, 0.25) is 0 Å². The molecule has 0 bridgehead atoms. The molecular formula is C11H16O3. The van der Waals surface area contributed by atoms with Gasteiger partial charge in [0.1, 0.15) is 0 Å². The summed E-state index contributed by atoms with van der Waals surface area (Å²) in [6.07, 6.45) is 8.12. The summed E-state index contributed by atoms with van der Waals surface area (Å²) in [4.78, 5) is 0. The van der Waals surface area contributed by atoms with Crippen molar-refractivity contribution in [3.63, 3.8) is 0 Å². The minimum atomic E-state index is -0.154. The summed E-state index contributed by atoms with van der Waals surface area (Å²) in [6.45, 7) is 1.41. The number of allylic oxidation sites excluding steroid dienone is 3. The Bertz CT molecular complexity index is 243. The van der Waals surface area contributed by atoms with E-state index in [1.807, 2.05) is 6.08 Å². The Hall–Kier alpha value is -0.640. The highest BCUT2D eigenvalue weighted by Crippen LogP contribution is 2.23. The summed E-state index contributed by atoms with van der Waals surface area (Å²) in [5, 5.41) is 0. The van der Waals surface area contributed by atoms with E-state index in [0.29, 0.717) is 6.61 Å². The van der Waals surface area contributed by atoms with Crippen LogP contribution in [-0.4, -0.2) is 32.7 Å². The van der Waals surface area contributed by atoms with Crippen molar-refractivity contribution in [1.29, 1.82) is 0 Å². The van der Waals surface area contributed by atoms with Crippen molar-refractivity contribution < 1.29 is 14.2 Å². The minimum absolute atomic E-state index is 0.154. The molecule has 2 aliphatic rings. The van der Waals surface area contributed by atoms with E-state index in [2.05, 4.69) is 12.2 Å². The largest absolute Gasteiger partial charge is 0.382 e. The van der Waals surface area contributed by atoms with E-state index < -0.39 is 0 Å². The maximum atomic E-state index is 5.76. The first-order valence-corrected chi connectivity index (χ1v) is 5.02. The van der Waals surface area contributed by atoms with Crippen LogP contribution < -0.4 is 0 Å². The van der Waals surface area contributed by atoms with Crippen molar-refractivity contribution in [2.24, 2.45) is 0 Å². The smallest absolute Gasteiger partial charge is 0.180 e. The number of hydrogen-bond acceptors (Lipinski definition) is 3. The average molecular weight is 196 g/mol. The molecule has 2 unspecified atom stereocenters. The van der Waals surface area contributed by atoms with Crippen LogP contribution in [0.25, 0.3) is 0 Å². The maximum Gasteiger partial charge on any atom is 0.180 e. The van der Waals surface area contributed by atoms with Crippen molar-refractivity contribution in [3.8, 4) is 0 Å². The van der Waals surface area contributed by atoms with Gasteiger partial charge in [0, 0.05) is 7.11 Å². The highest BCUT2D eigenvalue weighted by Gasteiger charge is 2.25. The SMILES string of the molecule is COCC1CCOC(C2=CC=CC2)O1. The number of rotatable bonds is 3. The van der Waals surface area contributed by atoms with E-state index in [-0.39, 0.29) is 12.4 Å². The van der Waals surface area contributed by atoms with Gasteiger partial charge in [0.15, 0.2) is 6.29 Å². The second-order valence-corrected chi connectivity index (χ2v) is 3.58. The van der Waals surface area contributed by atoms with Gasteiger partial charge < -0.3 is 14.2 Å². The molecule has 0 N–H and O–H groups in total. The summed E-state index contributed by atoms with van der Waals surface area (Å²) in [5.41, 5.74) is 1.21. The van der Waals surface area contributed by atoms with E-state index in [0.717, 1.165) is 19.4 Å². The number of methoxy groups -OCH3 is 1. The molecule has 1 saturated heterocycles. The molecule has 1 aliphatic heterocycles. The average Bonchev–Trinajstić information content (AvgIpc) is 2.71. The molecule has 14 heavy (non-hydrogen) atoms. The molecule has 0 aromatic heterocycles. The van der Waals surface area contributed by atoms with Crippen molar-refractivity contribution in [2.45, 2.75) is 25.2 Å². The molecule has 0 saturated carbocycles. The molecule has 2 atom stereocenters.